The van der Waals surface area contributed by atoms with Crippen molar-refractivity contribution >= 4 is 23.3 Å². The molecular weight excluding hydrogens is 336 g/mol. The molecule has 1 fully saturated rings. The molecule has 2 aromatic heterocycles. The van der Waals surface area contributed by atoms with Crippen molar-refractivity contribution in [1.82, 2.24) is 15.0 Å². The van der Waals surface area contributed by atoms with Gasteiger partial charge in [0.05, 0.1) is 0 Å². The van der Waals surface area contributed by atoms with Crippen LogP contribution in [0.25, 0.3) is 0 Å². The van der Waals surface area contributed by atoms with Gasteiger partial charge in [-0.15, -0.1) is 0 Å². The molecule has 0 bridgehead atoms. The van der Waals surface area contributed by atoms with Crippen molar-refractivity contribution < 1.29 is 0 Å². The van der Waals surface area contributed by atoms with Crippen LogP contribution >= 0.6 is 0 Å². The van der Waals surface area contributed by atoms with Gasteiger partial charge in [0.15, 0.2) is 0 Å². The average Bonchev–Trinajstić information content (AvgIpc) is 2.72. The van der Waals surface area contributed by atoms with Gasteiger partial charge in [-0.3, -0.25) is 0 Å². The predicted molar refractivity (Wildman–Crippen MR) is 110 cm³/mol. The monoisotopic (exact) mass is 360 g/mol. The van der Waals surface area contributed by atoms with Crippen LogP contribution in [0.4, 0.5) is 23.3 Å². The predicted octanol–water partition coefficient (Wildman–Crippen LogP) is 3.56. The van der Waals surface area contributed by atoms with Crippen molar-refractivity contribution in [2.24, 2.45) is 0 Å². The third-order valence-corrected chi connectivity index (χ3v) is 4.91. The van der Waals surface area contributed by atoms with E-state index in [-0.39, 0.29) is 0 Å². The summed E-state index contributed by atoms with van der Waals surface area (Å²) in [6.45, 7) is 7.79. The Hall–Kier alpha value is -3.15. The molecule has 1 saturated heterocycles. The van der Waals surface area contributed by atoms with E-state index in [1.165, 1.54) is 11.1 Å². The smallest absolute Gasteiger partial charge is 0.227 e. The highest BCUT2D eigenvalue weighted by Crippen LogP contribution is 2.24. The van der Waals surface area contributed by atoms with E-state index in [1.807, 2.05) is 30.6 Å². The van der Waals surface area contributed by atoms with Gasteiger partial charge in [-0.2, -0.15) is 4.98 Å². The summed E-state index contributed by atoms with van der Waals surface area (Å²) in [5.74, 6) is 2.62. The van der Waals surface area contributed by atoms with Gasteiger partial charge in [0, 0.05) is 44.3 Å². The van der Waals surface area contributed by atoms with Gasteiger partial charge in [-0.25, -0.2) is 9.97 Å². The molecule has 6 nitrogen and oxygen atoms in total. The Bertz CT molecular complexity index is 883. The summed E-state index contributed by atoms with van der Waals surface area (Å²) >= 11 is 0. The molecule has 4 rings (SSSR count). The molecule has 0 saturated carbocycles. The molecule has 0 spiro atoms. The number of nitrogens with zero attached hydrogens (tertiary/aromatic N) is 5. The van der Waals surface area contributed by atoms with E-state index in [1.54, 1.807) is 0 Å². The summed E-state index contributed by atoms with van der Waals surface area (Å²) in [5.41, 5.74) is 3.53. The normalized spacial score (nSPS) is 14.3. The Balaban J connectivity index is 1.46. The summed E-state index contributed by atoms with van der Waals surface area (Å²) in [7, 11) is 0. The Morgan fingerprint density at radius 3 is 2.22 bits per heavy atom. The fraction of sp³-hybridized carbons (Fsp3) is 0.286. The molecular formula is C21H24N6. The van der Waals surface area contributed by atoms with Crippen LogP contribution in [0.15, 0.2) is 54.9 Å². The maximum atomic E-state index is 4.74. The second-order valence-electron chi connectivity index (χ2n) is 6.80. The molecule has 0 unspecified atom stereocenters. The van der Waals surface area contributed by atoms with Crippen LogP contribution in [-0.2, 0) is 0 Å². The molecule has 0 aliphatic carbocycles. The molecule has 3 heterocycles. The number of aromatic nitrogens is 3. The van der Waals surface area contributed by atoms with Gasteiger partial charge in [0.2, 0.25) is 5.95 Å². The highest BCUT2D eigenvalue weighted by Gasteiger charge is 2.20. The maximum absolute atomic E-state index is 4.74. The highest BCUT2D eigenvalue weighted by atomic mass is 15.3. The first-order valence-corrected chi connectivity index (χ1v) is 9.28. The van der Waals surface area contributed by atoms with Gasteiger partial charge in [0.25, 0.3) is 0 Å². The van der Waals surface area contributed by atoms with Gasteiger partial charge in [-0.05, 0) is 43.2 Å². The van der Waals surface area contributed by atoms with Crippen molar-refractivity contribution in [3.63, 3.8) is 0 Å². The Kier molecular flexibility index (Phi) is 4.87. The van der Waals surface area contributed by atoms with Crippen LogP contribution in [0.3, 0.4) is 0 Å². The Morgan fingerprint density at radius 1 is 0.778 bits per heavy atom. The second-order valence-corrected chi connectivity index (χ2v) is 6.80. The van der Waals surface area contributed by atoms with Crippen molar-refractivity contribution in [3.8, 4) is 0 Å². The molecule has 0 amide bonds. The Labute approximate surface area is 159 Å². The molecule has 3 aromatic rings. The lowest BCUT2D eigenvalue weighted by molar-refractivity contribution is 0.635. The van der Waals surface area contributed by atoms with Crippen molar-refractivity contribution in [3.05, 3.63) is 66.0 Å². The lowest BCUT2D eigenvalue weighted by Gasteiger charge is -2.35. The lowest BCUT2D eigenvalue weighted by atomic mass is 10.1. The minimum atomic E-state index is 0.770. The number of aryl methyl sites for hydroxylation is 2. The average molecular weight is 360 g/mol. The third kappa shape index (κ3) is 3.84. The van der Waals surface area contributed by atoms with Crippen molar-refractivity contribution in [2.45, 2.75) is 13.8 Å². The van der Waals surface area contributed by atoms with E-state index in [4.69, 9.17) is 4.98 Å². The van der Waals surface area contributed by atoms with Crippen LogP contribution in [0.1, 0.15) is 11.1 Å². The number of rotatable bonds is 4. The van der Waals surface area contributed by atoms with E-state index >= 15 is 0 Å². The first kappa shape index (κ1) is 17.3. The van der Waals surface area contributed by atoms with E-state index in [0.717, 1.165) is 49.5 Å². The standard InChI is InChI=1S/C21H24N6/c1-16-6-5-7-17(2)20(16)24-18-9-11-23-21(25-18)27-14-12-26(13-15-27)19-8-3-4-10-22-19/h3-11H,12-15H2,1-2H3,(H,23,24,25). The first-order valence-electron chi connectivity index (χ1n) is 9.28. The zero-order chi connectivity index (χ0) is 18.6. The number of nitrogens with one attached hydrogen (secondary N) is 1. The maximum Gasteiger partial charge on any atom is 0.227 e. The SMILES string of the molecule is Cc1cccc(C)c1Nc1ccnc(N2CCN(c3ccccn3)CC2)n1. The lowest BCUT2D eigenvalue weighted by Crippen LogP contribution is -2.47. The number of pyridine rings is 1. The molecule has 6 heteroatoms. The fourth-order valence-electron chi connectivity index (χ4n) is 3.39. The van der Waals surface area contributed by atoms with Crippen molar-refractivity contribution in [1.29, 1.82) is 0 Å². The molecule has 138 valence electrons. The van der Waals surface area contributed by atoms with Crippen LogP contribution in [0.2, 0.25) is 0 Å². The number of hydrogen-bond donors (Lipinski definition) is 1. The van der Waals surface area contributed by atoms with Crippen LogP contribution in [-0.4, -0.2) is 41.1 Å². The van der Waals surface area contributed by atoms with Gasteiger partial charge in [-0.1, -0.05) is 24.3 Å². The minimum absolute atomic E-state index is 0.770. The summed E-state index contributed by atoms with van der Waals surface area (Å²) in [5, 5.41) is 3.46. The van der Waals surface area contributed by atoms with E-state index in [9.17, 15) is 0 Å². The number of para-hydroxylation sites is 1. The number of hydrogen-bond acceptors (Lipinski definition) is 6. The van der Waals surface area contributed by atoms with E-state index in [0.29, 0.717) is 0 Å². The third-order valence-electron chi connectivity index (χ3n) is 4.91. The minimum Gasteiger partial charge on any atom is -0.353 e. The van der Waals surface area contributed by atoms with Gasteiger partial charge < -0.3 is 15.1 Å². The largest absolute Gasteiger partial charge is 0.353 e. The Morgan fingerprint density at radius 2 is 1.52 bits per heavy atom. The quantitative estimate of drug-likeness (QED) is 0.768. The number of benzene rings is 1. The molecule has 0 radical (unpaired) electrons. The molecule has 0 atom stereocenters. The summed E-state index contributed by atoms with van der Waals surface area (Å²) in [4.78, 5) is 18.2. The summed E-state index contributed by atoms with van der Waals surface area (Å²) < 4.78 is 0. The topological polar surface area (TPSA) is 57.2 Å². The summed E-state index contributed by atoms with van der Waals surface area (Å²) in [6.07, 6.45) is 3.66. The molecule has 1 aliphatic rings. The zero-order valence-electron chi connectivity index (χ0n) is 15.8. The summed E-state index contributed by atoms with van der Waals surface area (Å²) in [6, 6.07) is 14.2. The van der Waals surface area contributed by atoms with E-state index < -0.39 is 0 Å². The zero-order valence-corrected chi connectivity index (χ0v) is 15.8. The number of piperazine rings is 1. The second kappa shape index (κ2) is 7.61. The molecule has 1 N–H and O–H groups in total. The molecule has 27 heavy (non-hydrogen) atoms. The van der Waals surface area contributed by atoms with Crippen molar-refractivity contribution in [2.75, 3.05) is 41.3 Å². The van der Waals surface area contributed by atoms with Crippen LogP contribution in [0, 0.1) is 13.8 Å². The highest BCUT2D eigenvalue weighted by molar-refractivity contribution is 5.64. The number of anilines is 4. The fourth-order valence-corrected chi connectivity index (χ4v) is 3.39. The molecule has 1 aliphatic heterocycles. The first-order chi connectivity index (χ1) is 13.2. The van der Waals surface area contributed by atoms with Crippen LogP contribution < -0.4 is 15.1 Å². The van der Waals surface area contributed by atoms with Crippen LogP contribution in [0.5, 0.6) is 0 Å². The van der Waals surface area contributed by atoms with Gasteiger partial charge >= 0.3 is 0 Å². The van der Waals surface area contributed by atoms with Gasteiger partial charge in [0.1, 0.15) is 11.6 Å². The van der Waals surface area contributed by atoms with E-state index in [2.05, 4.69) is 63.2 Å². The molecule has 1 aromatic carbocycles.